The number of hydrogen-bond acceptors (Lipinski definition) is 6. The number of allylic oxidation sites excluding steroid dienone is 5. The number of benzene rings is 1. The minimum Gasteiger partial charge on any atom is -0.493 e. The normalized spacial score (nSPS) is 13.4. The molecule has 2 aromatic heterocycles. The first kappa shape index (κ1) is 18.5. The predicted octanol–water partition coefficient (Wildman–Crippen LogP) is 3.90. The van der Waals surface area contributed by atoms with Crippen LogP contribution in [-0.4, -0.2) is 30.1 Å². The third-order valence-electron chi connectivity index (χ3n) is 4.41. The summed E-state index contributed by atoms with van der Waals surface area (Å²) in [6.07, 6.45) is 9.83. The quantitative estimate of drug-likeness (QED) is 0.712. The molecule has 1 aliphatic carbocycles. The molecule has 3 aromatic rings. The van der Waals surface area contributed by atoms with Crippen molar-refractivity contribution in [2.24, 2.45) is 0 Å². The number of hydrogen-bond donors (Lipinski definition) is 1. The molecule has 0 unspecified atom stereocenters. The predicted molar refractivity (Wildman–Crippen MR) is 109 cm³/mol. The Kier molecular flexibility index (Phi) is 5.11. The fourth-order valence-electron chi connectivity index (χ4n) is 2.97. The van der Waals surface area contributed by atoms with E-state index in [-0.39, 0.29) is 5.91 Å². The lowest BCUT2D eigenvalue weighted by Gasteiger charge is -2.11. The van der Waals surface area contributed by atoms with Crippen molar-refractivity contribution in [3.63, 3.8) is 0 Å². The number of ether oxygens (including phenoxy) is 2. The molecule has 1 N–H and O–H groups in total. The summed E-state index contributed by atoms with van der Waals surface area (Å²) in [7, 11) is 3.08. The van der Waals surface area contributed by atoms with Crippen LogP contribution in [0.2, 0.25) is 0 Å². The summed E-state index contributed by atoms with van der Waals surface area (Å²) in [6, 6.07) is 8.64. The van der Waals surface area contributed by atoms with Crippen LogP contribution >= 0.6 is 0 Å². The van der Waals surface area contributed by atoms with E-state index in [2.05, 4.69) is 15.3 Å². The average Bonchev–Trinajstić information content (AvgIpc) is 3.05. The van der Waals surface area contributed by atoms with Gasteiger partial charge in [-0.05, 0) is 42.5 Å². The number of aromatic nitrogens is 2. The van der Waals surface area contributed by atoms with Crippen LogP contribution in [0.25, 0.3) is 16.8 Å². The Morgan fingerprint density at radius 2 is 2.03 bits per heavy atom. The zero-order valence-electron chi connectivity index (χ0n) is 16.0. The van der Waals surface area contributed by atoms with Gasteiger partial charge in [0.15, 0.2) is 22.7 Å². The molecule has 1 amide bonds. The van der Waals surface area contributed by atoms with Gasteiger partial charge in [-0.25, -0.2) is 4.98 Å². The number of pyridine rings is 1. The summed E-state index contributed by atoms with van der Waals surface area (Å²) in [4.78, 5) is 21.4. The van der Waals surface area contributed by atoms with Crippen LogP contribution in [-0.2, 0) is 0 Å². The highest BCUT2D eigenvalue weighted by Crippen LogP contribution is 2.28. The molecule has 146 valence electrons. The Balaban J connectivity index is 1.59. The van der Waals surface area contributed by atoms with Crippen LogP contribution in [0.1, 0.15) is 22.7 Å². The van der Waals surface area contributed by atoms with Crippen molar-refractivity contribution in [1.82, 2.24) is 15.3 Å². The number of oxazole rings is 1. The van der Waals surface area contributed by atoms with Gasteiger partial charge in [0.2, 0.25) is 5.89 Å². The van der Waals surface area contributed by atoms with E-state index in [1.54, 1.807) is 37.6 Å². The topological polar surface area (TPSA) is 86.5 Å². The SMILES string of the molecule is COc1ccc(C(=O)NC2=CC(c3nc4ncccc4o3)=CC=CC2)cc1OC. The molecule has 0 bridgehead atoms. The molecule has 1 aromatic carbocycles. The summed E-state index contributed by atoms with van der Waals surface area (Å²) >= 11 is 0. The third kappa shape index (κ3) is 3.89. The van der Waals surface area contributed by atoms with Gasteiger partial charge < -0.3 is 19.2 Å². The maximum atomic E-state index is 12.7. The van der Waals surface area contributed by atoms with Crippen molar-refractivity contribution in [1.29, 1.82) is 0 Å². The fraction of sp³-hybridized carbons (Fsp3) is 0.136. The largest absolute Gasteiger partial charge is 0.493 e. The van der Waals surface area contributed by atoms with Crippen molar-refractivity contribution in [3.8, 4) is 11.5 Å². The summed E-state index contributed by atoms with van der Waals surface area (Å²) in [6.45, 7) is 0. The van der Waals surface area contributed by atoms with Crippen molar-refractivity contribution >= 4 is 22.7 Å². The van der Waals surface area contributed by atoms with Crippen LogP contribution in [0.15, 0.2) is 70.9 Å². The second kappa shape index (κ2) is 8.02. The van der Waals surface area contributed by atoms with Crippen molar-refractivity contribution in [2.45, 2.75) is 6.42 Å². The van der Waals surface area contributed by atoms with E-state index in [1.807, 2.05) is 30.4 Å². The van der Waals surface area contributed by atoms with Crippen LogP contribution in [0.4, 0.5) is 0 Å². The van der Waals surface area contributed by atoms with Gasteiger partial charge in [-0.1, -0.05) is 12.2 Å². The number of amides is 1. The Morgan fingerprint density at radius 3 is 2.83 bits per heavy atom. The first-order chi connectivity index (χ1) is 14.2. The molecule has 0 saturated carbocycles. The molecule has 29 heavy (non-hydrogen) atoms. The van der Waals surface area contributed by atoms with Gasteiger partial charge in [-0.2, -0.15) is 4.98 Å². The molecule has 0 aliphatic heterocycles. The van der Waals surface area contributed by atoms with E-state index in [0.29, 0.717) is 40.6 Å². The number of nitrogens with zero attached hydrogens (tertiary/aromatic N) is 2. The maximum Gasteiger partial charge on any atom is 0.255 e. The molecule has 1 aliphatic rings. The lowest BCUT2D eigenvalue weighted by atomic mass is 10.1. The number of methoxy groups -OCH3 is 2. The van der Waals surface area contributed by atoms with Crippen LogP contribution in [0.3, 0.4) is 0 Å². The van der Waals surface area contributed by atoms with Gasteiger partial charge in [-0.15, -0.1) is 0 Å². The van der Waals surface area contributed by atoms with Crippen LogP contribution in [0, 0.1) is 0 Å². The molecule has 0 fully saturated rings. The highest BCUT2D eigenvalue weighted by molar-refractivity contribution is 5.96. The zero-order valence-corrected chi connectivity index (χ0v) is 16.0. The van der Waals surface area contributed by atoms with Gasteiger partial charge in [0.25, 0.3) is 5.91 Å². The van der Waals surface area contributed by atoms with Crippen molar-refractivity contribution in [3.05, 3.63) is 78.0 Å². The Morgan fingerprint density at radius 1 is 1.17 bits per heavy atom. The number of fused-ring (bicyclic) bond motifs is 1. The fourth-order valence-corrected chi connectivity index (χ4v) is 2.97. The van der Waals surface area contributed by atoms with E-state index < -0.39 is 0 Å². The van der Waals surface area contributed by atoms with Gasteiger partial charge in [0, 0.05) is 29.5 Å². The van der Waals surface area contributed by atoms with Gasteiger partial charge >= 0.3 is 0 Å². The summed E-state index contributed by atoms with van der Waals surface area (Å²) in [5.74, 6) is 1.26. The summed E-state index contributed by atoms with van der Waals surface area (Å²) in [5, 5.41) is 2.95. The zero-order chi connectivity index (χ0) is 20.2. The minimum absolute atomic E-state index is 0.244. The van der Waals surface area contributed by atoms with Crippen LogP contribution in [0.5, 0.6) is 11.5 Å². The smallest absolute Gasteiger partial charge is 0.255 e. The van der Waals surface area contributed by atoms with Gasteiger partial charge in [0.1, 0.15) is 0 Å². The van der Waals surface area contributed by atoms with E-state index >= 15 is 0 Å². The molecule has 0 radical (unpaired) electrons. The molecule has 4 rings (SSSR count). The molecule has 0 atom stereocenters. The number of carbonyl (C=O) groups excluding carboxylic acids is 1. The lowest BCUT2D eigenvalue weighted by molar-refractivity contribution is 0.0965. The van der Waals surface area contributed by atoms with Crippen molar-refractivity contribution < 1.29 is 18.7 Å². The average molecular weight is 389 g/mol. The maximum absolute atomic E-state index is 12.7. The summed E-state index contributed by atoms with van der Waals surface area (Å²) in [5.41, 5.74) is 3.09. The third-order valence-corrected chi connectivity index (χ3v) is 4.41. The minimum atomic E-state index is -0.244. The number of rotatable bonds is 5. The summed E-state index contributed by atoms with van der Waals surface area (Å²) < 4.78 is 16.3. The standard InChI is InChI=1S/C22H19N3O4/c1-27-17-10-9-14(13-19(17)28-2)21(26)24-16-7-4-3-6-15(12-16)22-25-20-18(29-22)8-5-11-23-20/h3-6,8-13H,7H2,1-2H3,(H,24,26). The Hall–Kier alpha value is -3.87. The molecular formula is C22H19N3O4. The van der Waals surface area contributed by atoms with E-state index in [1.165, 1.54) is 7.11 Å². The lowest BCUT2D eigenvalue weighted by Crippen LogP contribution is -2.22. The van der Waals surface area contributed by atoms with Crippen LogP contribution < -0.4 is 14.8 Å². The second-order valence-electron chi connectivity index (χ2n) is 6.29. The molecule has 7 nitrogen and oxygen atoms in total. The van der Waals surface area contributed by atoms with Gasteiger partial charge in [0.05, 0.1) is 14.2 Å². The molecular weight excluding hydrogens is 370 g/mol. The molecule has 7 heteroatoms. The van der Waals surface area contributed by atoms with E-state index in [9.17, 15) is 4.79 Å². The van der Waals surface area contributed by atoms with Crippen molar-refractivity contribution in [2.75, 3.05) is 14.2 Å². The number of carbonyl (C=O) groups is 1. The Bertz CT molecular complexity index is 1120. The van der Waals surface area contributed by atoms with E-state index in [4.69, 9.17) is 13.9 Å². The second-order valence-corrected chi connectivity index (χ2v) is 6.29. The molecule has 0 spiro atoms. The van der Waals surface area contributed by atoms with E-state index in [0.717, 1.165) is 11.3 Å². The molecule has 0 saturated heterocycles. The first-order valence-electron chi connectivity index (χ1n) is 9.00. The first-order valence-corrected chi connectivity index (χ1v) is 9.00. The highest BCUT2D eigenvalue weighted by Gasteiger charge is 2.15. The monoisotopic (exact) mass is 389 g/mol. The highest BCUT2D eigenvalue weighted by atomic mass is 16.5. The Labute approximate surface area is 167 Å². The number of nitrogens with one attached hydrogen (secondary N) is 1. The van der Waals surface area contributed by atoms with Gasteiger partial charge in [-0.3, -0.25) is 4.79 Å². The molecule has 2 heterocycles.